The van der Waals surface area contributed by atoms with E-state index in [9.17, 15) is 0 Å². The summed E-state index contributed by atoms with van der Waals surface area (Å²) in [6.07, 6.45) is 10.2. The van der Waals surface area contributed by atoms with Gasteiger partial charge in [0, 0.05) is 22.2 Å². The second-order valence-corrected chi connectivity index (χ2v) is 9.82. The van der Waals surface area contributed by atoms with E-state index in [0.717, 1.165) is 36.3 Å². The van der Waals surface area contributed by atoms with Crippen molar-refractivity contribution in [2.75, 3.05) is 12.4 Å². The molecule has 0 radical (unpaired) electrons. The largest absolute Gasteiger partial charge is 0.496 e. The van der Waals surface area contributed by atoms with Gasteiger partial charge in [0.2, 0.25) is 0 Å². The topological polar surface area (TPSA) is 30.5 Å². The molecule has 0 aromatic heterocycles. The molecule has 2 aromatic carbocycles. The number of hydrogen-bond acceptors (Lipinski definition) is 3. The third kappa shape index (κ3) is 2.86. The average Bonchev–Trinajstić information content (AvgIpc) is 2.71. The highest BCUT2D eigenvalue weighted by Gasteiger charge is 2.44. The third-order valence-electron chi connectivity index (χ3n) is 6.92. The van der Waals surface area contributed by atoms with Gasteiger partial charge in [-0.1, -0.05) is 37.3 Å². The fourth-order valence-corrected chi connectivity index (χ4v) is 5.58. The minimum atomic E-state index is -0.0661. The van der Waals surface area contributed by atoms with Crippen LogP contribution in [0.1, 0.15) is 64.2 Å². The molecule has 2 heterocycles. The van der Waals surface area contributed by atoms with Crippen molar-refractivity contribution in [3.8, 4) is 22.6 Å². The van der Waals surface area contributed by atoms with Gasteiger partial charge in [-0.15, -0.1) is 0 Å². The predicted octanol–water partition coefficient (Wildman–Crippen LogP) is 7.15. The molecular formula is C27H31NO2. The van der Waals surface area contributed by atoms with Crippen molar-refractivity contribution in [3.05, 3.63) is 59.7 Å². The molecule has 0 saturated heterocycles. The second-order valence-electron chi connectivity index (χ2n) is 9.82. The first kappa shape index (κ1) is 19.3. The summed E-state index contributed by atoms with van der Waals surface area (Å²) < 4.78 is 12.6. The van der Waals surface area contributed by atoms with E-state index in [1.54, 1.807) is 7.11 Å². The van der Waals surface area contributed by atoms with E-state index in [4.69, 9.17) is 9.47 Å². The number of anilines is 1. The Morgan fingerprint density at radius 2 is 1.90 bits per heavy atom. The Kier molecular flexibility index (Phi) is 4.29. The molecule has 5 rings (SSSR count). The maximum Gasteiger partial charge on any atom is 0.131 e. The zero-order valence-electron chi connectivity index (χ0n) is 18.6. The molecular weight excluding hydrogens is 370 g/mol. The monoisotopic (exact) mass is 401 g/mol. The van der Waals surface area contributed by atoms with Crippen LogP contribution in [0.25, 0.3) is 16.7 Å². The van der Waals surface area contributed by atoms with E-state index in [2.05, 4.69) is 69.4 Å². The van der Waals surface area contributed by atoms with Gasteiger partial charge in [0.05, 0.1) is 18.2 Å². The van der Waals surface area contributed by atoms with Crippen LogP contribution in [0.4, 0.5) is 5.69 Å². The van der Waals surface area contributed by atoms with Crippen LogP contribution in [0, 0.1) is 5.41 Å². The lowest BCUT2D eigenvalue weighted by Gasteiger charge is -2.44. The van der Waals surface area contributed by atoms with Crippen LogP contribution in [0.2, 0.25) is 0 Å². The lowest BCUT2D eigenvalue weighted by Crippen LogP contribution is -2.36. The Morgan fingerprint density at radius 1 is 1.07 bits per heavy atom. The van der Waals surface area contributed by atoms with Crippen molar-refractivity contribution in [1.29, 1.82) is 0 Å². The molecule has 1 aliphatic carbocycles. The molecule has 2 aromatic rings. The van der Waals surface area contributed by atoms with Crippen molar-refractivity contribution in [1.82, 2.24) is 0 Å². The zero-order chi connectivity index (χ0) is 21.1. The lowest BCUT2D eigenvalue weighted by atomic mass is 9.68. The Hall–Kier alpha value is -2.68. The molecule has 0 fully saturated rings. The maximum atomic E-state index is 6.84. The number of rotatable bonds is 2. The van der Waals surface area contributed by atoms with Crippen LogP contribution in [0.3, 0.4) is 0 Å². The van der Waals surface area contributed by atoms with Crippen LogP contribution < -0.4 is 14.8 Å². The number of hydrogen-bond donors (Lipinski definition) is 1. The fraction of sp³-hybridized carbons (Fsp3) is 0.407. The zero-order valence-corrected chi connectivity index (χ0v) is 18.6. The molecule has 0 bridgehead atoms. The van der Waals surface area contributed by atoms with E-state index in [1.807, 2.05) is 12.1 Å². The van der Waals surface area contributed by atoms with Crippen molar-refractivity contribution < 1.29 is 9.47 Å². The standard InChI is InChI=1S/C27H31NO2/c1-17-16-26(2,3)28-19-13-12-18-23-20(29-5)10-9-11-21(23)30-25(24(18)22(17)19)27(4)14-7-6-8-15-27/h6-7,9-13,16,25,28H,8,14-15H2,1-5H3/t25-,27?/m0/s1. The molecule has 3 heteroatoms. The smallest absolute Gasteiger partial charge is 0.131 e. The minimum absolute atomic E-state index is 0.00151. The highest BCUT2D eigenvalue weighted by Crippen LogP contribution is 2.57. The van der Waals surface area contributed by atoms with E-state index in [0.29, 0.717) is 0 Å². The molecule has 1 unspecified atom stereocenters. The Balaban J connectivity index is 1.81. The number of methoxy groups -OCH3 is 1. The summed E-state index contributed by atoms with van der Waals surface area (Å²) in [6.45, 7) is 9.06. The van der Waals surface area contributed by atoms with Crippen molar-refractivity contribution in [2.24, 2.45) is 5.41 Å². The molecule has 0 saturated carbocycles. The molecule has 0 amide bonds. The third-order valence-corrected chi connectivity index (χ3v) is 6.92. The van der Waals surface area contributed by atoms with Crippen LogP contribution in [0.15, 0.2) is 48.6 Å². The van der Waals surface area contributed by atoms with Gasteiger partial charge in [-0.3, -0.25) is 0 Å². The van der Waals surface area contributed by atoms with Crippen molar-refractivity contribution in [2.45, 2.75) is 58.6 Å². The molecule has 30 heavy (non-hydrogen) atoms. The van der Waals surface area contributed by atoms with Gasteiger partial charge < -0.3 is 14.8 Å². The minimum Gasteiger partial charge on any atom is -0.496 e. The lowest BCUT2D eigenvalue weighted by molar-refractivity contribution is 0.0482. The second kappa shape index (κ2) is 6.66. The van der Waals surface area contributed by atoms with Crippen molar-refractivity contribution in [3.63, 3.8) is 0 Å². The summed E-state index contributed by atoms with van der Waals surface area (Å²) in [4.78, 5) is 0. The van der Waals surface area contributed by atoms with Gasteiger partial charge in [-0.05, 0) is 69.4 Å². The van der Waals surface area contributed by atoms with Gasteiger partial charge in [0.25, 0.3) is 0 Å². The van der Waals surface area contributed by atoms with Crippen LogP contribution in [-0.2, 0) is 0 Å². The normalized spacial score (nSPS) is 25.8. The Bertz CT molecular complexity index is 1080. The predicted molar refractivity (Wildman–Crippen MR) is 124 cm³/mol. The summed E-state index contributed by atoms with van der Waals surface area (Å²) in [5, 5.41) is 3.73. The first-order valence-corrected chi connectivity index (χ1v) is 11.0. The van der Waals surface area contributed by atoms with Crippen LogP contribution >= 0.6 is 0 Å². The number of benzene rings is 2. The summed E-state index contributed by atoms with van der Waals surface area (Å²) in [5.41, 5.74) is 7.40. The Labute approximate surface area is 179 Å². The highest BCUT2D eigenvalue weighted by atomic mass is 16.5. The summed E-state index contributed by atoms with van der Waals surface area (Å²) in [5.74, 6) is 1.79. The molecule has 3 aliphatic rings. The molecule has 2 atom stereocenters. The van der Waals surface area contributed by atoms with Crippen molar-refractivity contribution >= 4 is 11.3 Å². The average molecular weight is 402 g/mol. The van der Waals surface area contributed by atoms with Gasteiger partial charge in [0.15, 0.2) is 0 Å². The van der Waals surface area contributed by atoms with E-state index in [-0.39, 0.29) is 17.1 Å². The van der Waals surface area contributed by atoms with Crippen LogP contribution in [-0.4, -0.2) is 12.6 Å². The number of fused-ring (bicyclic) bond motifs is 5. The first-order valence-electron chi connectivity index (χ1n) is 11.0. The fourth-order valence-electron chi connectivity index (χ4n) is 5.58. The van der Waals surface area contributed by atoms with Gasteiger partial charge >= 0.3 is 0 Å². The molecule has 3 nitrogen and oxygen atoms in total. The van der Waals surface area contributed by atoms with Gasteiger partial charge in [0.1, 0.15) is 17.6 Å². The SMILES string of the molecule is COc1cccc2c1-c1ccc3c(c1[C@@H](C1(C)CC=CCC1)O2)C(C)=CC(C)(C)N3. The quantitative estimate of drug-likeness (QED) is 0.542. The Morgan fingerprint density at radius 3 is 2.63 bits per heavy atom. The van der Waals surface area contributed by atoms with Crippen LogP contribution in [0.5, 0.6) is 11.5 Å². The number of nitrogens with one attached hydrogen (secondary N) is 1. The molecule has 2 aliphatic heterocycles. The number of ether oxygens (including phenoxy) is 2. The van der Waals surface area contributed by atoms with Gasteiger partial charge in [-0.2, -0.15) is 0 Å². The number of allylic oxidation sites excluding steroid dienone is 3. The highest BCUT2D eigenvalue weighted by molar-refractivity contribution is 5.91. The first-order chi connectivity index (χ1) is 14.3. The van der Waals surface area contributed by atoms with E-state index in [1.165, 1.54) is 28.0 Å². The van der Waals surface area contributed by atoms with Gasteiger partial charge in [-0.25, -0.2) is 0 Å². The summed E-state index contributed by atoms with van der Waals surface area (Å²) >= 11 is 0. The summed E-state index contributed by atoms with van der Waals surface area (Å²) in [6, 6.07) is 10.6. The molecule has 0 spiro atoms. The summed E-state index contributed by atoms with van der Waals surface area (Å²) in [7, 11) is 1.74. The molecule has 1 N–H and O–H groups in total. The maximum absolute atomic E-state index is 6.84. The molecule has 156 valence electrons. The van der Waals surface area contributed by atoms with E-state index >= 15 is 0 Å². The van der Waals surface area contributed by atoms with E-state index < -0.39 is 0 Å².